The van der Waals surface area contributed by atoms with Gasteiger partial charge in [0.25, 0.3) is 11.8 Å². The SMILES string of the molecule is C[C@H]1CCCCO[C@H](CN(C)C(=O)Nc2ccccc2)[C@@H](C)CN([C@@H](C)CO)C(=O)c2cc(NC(=O)c3ccccc3)ccc2O1. The van der Waals surface area contributed by atoms with E-state index in [1.807, 2.05) is 50.2 Å². The van der Waals surface area contributed by atoms with Gasteiger partial charge in [-0.1, -0.05) is 43.3 Å². The number of benzene rings is 3. The zero-order chi connectivity index (χ0) is 33.1. The zero-order valence-corrected chi connectivity index (χ0v) is 27.1. The van der Waals surface area contributed by atoms with Crippen LogP contribution < -0.4 is 15.4 Å². The number of fused-ring (bicyclic) bond motifs is 1. The molecule has 0 unspecified atom stereocenters. The number of aliphatic hydroxyl groups is 1. The molecule has 0 bridgehead atoms. The first-order chi connectivity index (χ1) is 22.2. The lowest BCUT2D eigenvalue weighted by Crippen LogP contribution is -2.48. The Kier molecular flexibility index (Phi) is 12.6. The molecular weight excluding hydrogens is 584 g/mol. The van der Waals surface area contributed by atoms with Gasteiger partial charge >= 0.3 is 6.03 Å². The van der Waals surface area contributed by atoms with Gasteiger partial charge in [-0.15, -0.1) is 0 Å². The van der Waals surface area contributed by atoms with Gasteiger partial charge in [0.05, 0.1) is 30.4 Å². The molecule has 0 fully saturated rings. The summed E-state index contributed by atoms with van der Waals surface area (Å²) in [6, 6.07) is 22.4. The summed E-state index contributed by atoms with van der Waals surface area (Å²) in [5.74, 6) is -0.410. The van der Waals surface area contributed by atoms with Crippen LogP contribution in [0.1, 0.15) is 60.7 Å². The molecule has 3 aromatic rings. The van der Waals surface area contributed by atoms with Crippen molar-refractivity contribution in [2.75, 3.05) is 44.0 Å². The fraction of sp³-hybridized carbons (Fsp3) is 0.417. The van der Waals surface area contributed by atoms with Crippen molar-refractivity contribution >= 4 is 29.2 Å². The van der Waals surface area contributed by atoms with E-state index in [0.29, 0.717) is 41.4 Å². The van der Waals surface area contributed by atoms with E-state index in [-0.39, 0.29) is 49.1 Å². The van der Waals surface area contributed by atoms with Gasteiger partial charge in [-0.05, 0) is 75.6 Å². The molecule has 10 heteroatoms. The maximum absolute atomic E-state index is 14.3. The summed E-state index contributed by atoms with van der Waals surface area (Å²) in [7, 11) is 1.72. The molecule has 3 aromatic carbocycles. The van der Waals surface area contributed by atoms with E-state index in [2.05, 4.69) is 10.6 Å². The van der Waals surface area contributed by atoms with Crippen LogP contribution in [0.25, 0.3) is 0 Å². The first-order valence-corrected chi connectivity index (χ1v) is 15.9. The summed E-state index contributed by atoms with van der Waals surface area (Å²) in [6.45, 7) is 6.55. The number of carbonyl (C=O) groups excluding carboxylic acids is 3. The average molecular weight is 631 g/mol. The number of para-hydroxylation sites is 1. The van der Waals surface area contributed by atoms with Crippen molar-refractivity contribution < 1.29 is 29.0 Å². The summed E-state index contributed by atoms with van der Waals surface area (Å²) in [6.07, 6.45) is 1.86. The van der Waals surface area contributed by atoms with Gasteiger partial charge in [-0.25, -0.2) is 4.79 Å². The molecule has 0 saturated carbocycles. The second-order valence-corrected chi connectivity index (χ2v) is 12.0. The molecule has 0 aromatic heterocycles. The molecule has 1 aliphatic rings. The molecule has 4 rings (SSSR count). The molecule has 246 valence electrons. The number of amides is 4. The monoisotopic (exact) mass is 630 g/mol. The third-order valence-corrected chi connectivity index (χ3v) is 8.17. The fourth-order valence-electron chi connectivity index (χ4n) is 5.35. The molecule has 46 heavy (non-hydrogen) atoms. The smallest absolute Gasteiger partial charge is 0.321 e. The topological polar surface area (TPSA) is 120 Å². The maximum atomic E-state index is 14.3. The van der Waals surface area contributed by atoms with Crippen LogP contribution in [0.5, 0.6) is 5.75 Å². The minimum atomic E-state index is -0.518. The minimum absolute atomic E-state index is 0.175. The van der Waals surface area contributed by atoms with E-state index in [4.69, 9.17) is 9.47 Å². The number of urea groups is 1. The summed E-state index contributed by atoms with van der Waals surface area (Å²) < 4.78 is 12.6. The third kappa shape index (κ3) is 9.55. The van der Waals surface area contributed by atoms with Gasteiger partial charge in [0.15, 0.2) is 0 Å². The minimum Gasteiger partial charge on any atom is -0.490 e. The summed E-state index contributed by atoms with van der Waals surface area (Å²) in [5, 5.41) is 16.0. The fourth-order valence-corrected chi connectivity index (χ4v) is 5.35. The van der Waals surface area contributed by atoms with E-state index in [9.17, 15) is 19.5 Å². The Morgan fingerprint density at radius 2 is 1.67 bits per heavy atom. The number of nitrogens with one attached hydrogen (secondary N) is 2. The van der Waals surface area contributed by atoms with E-state index >= 15 is 0 Å². The van der Waals surface area contributed by atoms with Crippen molar-refractivity contribution in [3.05, 3.63) is 90.0 Å². The molecule has 3 N–H and O–H groups in total. The van der Waals surface area contributed by atoms with E-state index in [0.717, 1.165) is 19.3 Å². The van der Waals surface area contributed by atoms with Gasteiger partial charge < -0.3 is 35.0 Å². The van der Waals surface area contributed by atoms with Crippen LogP contribution in [0.2, 0.25) is 0 Å². The molecule has 0 radical (unpaired) electrons. The Balaban J connectivity index is 1.60. The van der Waals surface area contributed by atoms with Crippen LogP contribution in [0, 0.1) is 5.92 Å². The highest BCUT2D eigenvalue weighted by molar-refractivity contribution is 6.05. The van der Waals surface area contributed by atoms with Gasteiger partial charge in [-0.3, -0.25) is 9.59 Å². The molecule has 1 heterocycles. The molecule has 0 aliphatic carbocycles. The number of aliphatic hydroxyl groups excluding tert-OH is 1. The van der Waals surface area contributed by atoms with Crippen LogP contribution in [0.3, 0.4) is 0 Å². The number of rotatable bonds is 7. The Hall–Kier alpha value is -4.41. The normalized spacial score (nSPS) is 20.0. The molecular formula is C36H46N4O6. The van der Waals surface area contributed by atoms with Gasteiger partial charge in [0, 0.05) is 49.6 Å². The van der Waals surface area contributed by atoms with Crippen molar-refractivity contribution in [3.63, 3.8) is 0 Å². The standard InChI is InChI=1S/C36H46N4O6/c1-25-22-40(26(2)24-41)35(43)31-21-30(37-34(42)28-14-7-5-8-15-28)18-19-32(31)46-27(3)13-11-12-20-45-33(25)23-39(4)36(44)38-29-16-9-6-10-17-29/h5-10,14-19,21,25-27,33,41H,11-13,20,22-24H2,1-4H3,(H,37,42)(H,38,44)/t25-,26-,27-,33+/m0/s1. The predicted molar refractivity (Wildman–Crippen MR) is 179 cm³/mol. The molecule has 0 saturated heterocycles. The molecule has 4 amide bonds. The lowest BCUT2D eigenvalue weighted by molar-refractivity contribution is -0.0115. The summed E-state index contributed by atoms with van der Waals surface area (Å²) >= 11 is 0. The molecule has 4 atom stereocenters. The van der Waals surface area contributed by atoms with Crippen molar-refractivity contribution in [1.82, 2.24) is 9.80 Å². The number of ether oxygens (including phenoxy) is 2. The Labute approximate surface area is 271 Å². The first kappa shape index (κ1) is 34.5. The predicted octanol–water partition coefficient (Wildman–Crippen LogP) is 5.90. The number of carbonyl (C=O) groups is 3. The zero-order valence-electron chi connectivity index (χ0n) is 27.1. The maximum Gasteiger partial charge on any atom is 0.321 e. The van der Waals surface area contributed by atoms with Crippen LogP contribution in [0.15, 0.2) is 78.9 Å². The van der Waals surface area contributed by atoms with E-state index in [1.54, 1.807) is 66.2 Å². The van der Waals surface area contributed by atoms with E-state index in [1.165, 1.54) is 0 Å². The van der Waals surface area contributed by atoms with Gasteiger partial charge in [0.1, 0.15) is 5.75 Å². The van der Waals surface area contributed by atoms with Crippen molar-refractivity contribution in [1.29, 1.82) is 0 Å². The number of hydrogen-bond donors (Lipinski definition) is 3. The number of hydrogen-bond acceptors (Lipinski definition) is 6. The number of anilines is 2. The quantitative estimate of drug-likeness (QED) is 0.299. The van der Waals surface area contributed by atoms with Crippen molar-refractivity contribution in [2.45, 2.75) is 58.3 Å². The highest BCUT2D eigenvalue weighted by Crippen LogP contribution is 2.29. The molecule has 0 spiro atoms. The van der Waals surface area contributed by atoms with Gasteiger partial charge in [-0.2, -0.15) is 0 Å². The van der Waals surface area contributed by atoms with Crippen LogP contribution in [0.4, 0.5) is 16.2 Å². The summed E-state index contributed by atoms with van der Waals surface area (Å²) in [4.78, 5) is 43.4. The highest BCUT2D eigenvalue weighted by Gasteiger charge is 2.31. The highest BCUT2D eigenvalue weighted by atomic mass is 16.5. The molecule has 10 nitrogen and oxygen atoms in total. The van der Waals surface area contributed by atoms with Crippen LogP contribution >= 0.6 is 0 Å². The number of nitrogens with zero attached hydrogens (tertiary/aromatic N) is 2. The molecule has 1 aliphatic heterocycles. The van der Waals surface area contributed by atoms with Crippen LogP contribution in [-0.4, -0.2) is 84.4 Å². The summed E-state index contributed by atoms with van der Waals surface area (Å²) in [5.41, 5.74) is 1.94. The first-order valence-electron chi connectivity index (χ1n) is 15.9. The Morgan fingerprint density at radius 3 is 2.37 bits per heavy atom. The van der Waals surface area contributed by atoms with Crippen LogP contribution in [-0.2, 0) is 4.74 Å². The third-order valence-electron chi connectivity index (χ3n) is 8.17. The van der Waals surface area contributed by atoms with E-state index < -0.39 is 6.04 Å². The lowest BCUT2D eigenvalue weighted by atomic mass is 10.0. The second kappa shape index (κ2) is 16.8. The largest absolute Gasteiger partial charge is 0.490 e. The number of likely N-dealkylation sites (N-methyl/N-ethyl adjacent to an activating group) is 1. The Morgan fingerprint density at radius 1 is 0.978 bits per heavy atom. The van der Waals surface area contributed by atoms with Crippen molar-refractivity contribution in [3.8, 4) is 5.75 Å². The Bertz CT molecular complexity index is 1440. The van der Waals surface area contributed by atoms with Gasteiger partial charge in [0.2, 0.25) is 0 Å². The lowest BCUT2D eigenvalue weighted by Gasteiger charge is -2.35. The van der Waals surface area contributed by atoms with Crippen molar-refractivity contribution in [2.24, 2.45) is 5.92 Å². The average Bonchev–Trinajstić information content (AvgIpc) is 3.06. The second-order valence-electron chi connectivity index (χ2n) is 12.0.